The molecular formula is C47H42O9. The molecule has 7 rings (SSSR count). The molecular weight excluding hydrogens is 709 g/mol. The Morgan fingerprint density at radius 1 is 0.589 bits per heavy atom. The second-order valence-electron chi connectivity index (χ2n) is 14.0. The fourth-order valence-electron chi connectivity index (χ4n) is 7.38. The number of carbonyl (C=O) groups is 3. The maximum atomic E-state index is 14.6. The summed E-state index contributed by atoms with van der Waals surface area (Å²) in [5, 5.41) is 1.92. The lowest BCUT2D eigenvalue weighted by Crippen LogP contribution is -2.35. The highest BCUT2D eigenvalue weighted by atomic mass is 16.7. The minimum absolute atomic E-state index is 0.0241. The molecule has 0 radical (unpaired) electrons. The van der Waals surface area contributed by atoms with Gasteiger partial charge in [-0.1, -0.05) is 98.8 Å². The molecule has 9 nitrogen and oxygen atoms in total. The van der Waals surface area contributed by atoms with E-state index in [1.807, 2.05) is 121 Å². The van der Waals surface area contributed by atoms with Crippen molar-refractivity contribution in [2.45, 2.75) is 31.6 Å². The lowest BCUT2D eigenvalue weighted by Gasteiger charge is -2.31. The van der Waals surface area contributed by atoms with Crippen molar-refractivity contribution in [1.29, 1.82) is 0 Å². The zero-order chi connectivity index (χ0) is 39.3. The van der Waals surface area contributed by atoms with Gasteiger partial charge in [-0.2, -0.15) is 0 Å². The number of hydrogen-bond acceptors (Lipinski definition) is 9. The Kier molecular flexibility index (Phi) is 10.8. The number of rotatable bonds is 14. The smallest absolute Gasteiger partial charge is 0.497 e. The second kappa shape index (κ2) is 16.0. The third-order valence-electron chi connectivity index (χ3n) is 10.3. The van der Waals surface area contributed by atoms with Crippen LogP contribution in [-0.2, 0) is 25.1 Å². The van der Waals surface area contributed by atoms with E-state index in [1.165, 1.54) is 6.92 Å². The van der Waals surface area contributed by atoms with Crippen molar-refractivity contribution in [3.05, 3.63) is 167 Å². The van der Waals surface area contributed by atoms with Gasteiger partial charge in [-0.25, -0.2) is 4.79 Å². The summed E-state index contributed by atoms with van der Waals surface area (Å²) in [6.07, 6.45) is -0.831. The quantitative estimate of drug-likeness (QED) is 0.0612. The van der Waals surface area contributed by atoms with Gasteiger partial charge >= 0.3 is 12.1 Å². The maximum Gasteiger partial charge on any atom is 0.513 e. The number of esters is 1. The summed E-state index contributed by atoms with van der Waals surface area (Å²) >= 11 is 0. The third-order valence-corrected chi connectivity index (χ3v) is 10.3. The monoisotopic (exact) mass is 750 g/mol. The first-order chi connectivity index (χ1) is 27.1. The van der Waals surface area contributed by atoms with E-state index in [4.69, 9.17) is 28.4 Å². The standard InChI is InChI=1S/C47H42O9/c1-31(48)52-27-28-53-38-21-15-35(16-22-38)47(42-10-6-8-32-7-5-9-41(43(32)42)44(47)49)36-17-23-39(24-18-36)54-29-30-55-45(50)56-40-25-13-34(14-26-40)46(2,3)33-11-19-37(51-4)20-12-33/h5-26H,27-30H2,1-4H3. The summed E-state index contributed by atoms with van der Waals surface area (Å²) in [6.45, 7) is 6.03. The Morgan fingerprint density at radius 2 is 1.09 bits per heavy atom. The molecule has 0 fully saturated rings. The van der Waals surface area contributed by atoms with Crippen molar-refractivity contribution in [2.24, 2.45) is 0 Å². The van der Waals surface area contributed by atoms with Crippen LogP contribution in [0, 0.1) is 0 Å². The molecule has 6 aromatic carbocycles. The zero-order valence-electron chi connectivity index (χ0n) is 31.7. The Morgan fingerprint density at radius 3 is 1.62 bits per heavy atom. The van der Waals surface area contributed by atoms with Gasteiger partial charge in [0, 0.05) is 17.9 Å². The predicted octanol–water partition coefficient (Wildman–Crippen LogP) is 9.24. The third kappa shape index (κ3) is 7.40. The molecule has 0 heterocycles. The normalized spacial score (nSPS) is 14.6. The van der Waals surface area contributed by atoms with E-state index >= 15 is 0 Å². The largest absolute Gasteiger partial charge is 0.513 e. The van der Waals surface area contributed by atoms with Gasteiger partial charge in [0.1, 0.15) is 54.8 Å². The van der Waals surface area contributed by atoms with E-state index in [0.29, 0.717) is 22.8 Å². The van der Waals surface area contributed by atoms with Crippen LogP contribution in [0.3, 0.4) is 0 Å². The molecule has 0 aromatic heterocycles. The first-order valence-electron chi connectivity index (χ1n) is 18.4. The molecule has 1 atom stereocenters. The molecule has 6 aromatic rings. The minimum Gasteiger partial charge on any atom is -0.497 e. The Balaban J connectivity index is 0.999. The highest BCUT2D eigenvalue weighted by Crippen LogP contribution is 2.51. The average Bonchev–Trinajstić information content (AvgIpc) is 3.48. The fourth-order valence-corrected chi connectivity index (χ4v) is 7.38. The van der Waals surface area contributed by atoms with Crippen LogP contribution in [0.1, 0.15) is 58.9 Å². The van der Waals surface area contributed by atoms with E-state index in [1.54, 1.807) is 19.2 Å². The summed E-state index contributed by atoms with van der Waals surface area (Å²) in [4.78, 5) is 38.2. The van der Waals surface area contributed by atoms with Crippen molar-refractivity contribution >= 4 is 28.7 Å². The van der Waals surface area contributed by atoms with Gasteiger partial charge in [0.15, 0.2) is 5.78 Å². The van der Waals surface area contributed by atoms with E-state index < -0.39 is 11.6 Å². The van der Waals surface area contributed by atoms with Crippen LogP contribution >= 0.6 is 0 Å². The Hall–Kier alpha value is -6.61. The average molecular weight is 751 g/mol. The first kappa shape index (κ1) is 37.7. The molecule has 9 heteroatoms. The van der Waals surface area contributed by atoms with Gasteiger partial charge in [0.05, 0.1) is 7.11 Å². The number of methoxy groups -OCH3 is 1. The number of ketones is 1. The molecule has 0 amide bonds. The van der Waals surface area contributed by atoms with Gasteiger partial charge in [0.2, 0.25) is 0 Å². The molecule has 0 bridgehead atoms. The van der Waals surface area contributed by atoms with Crippen LogP contribution in [0.25, 0.3) is 10.8 Å². The fraction of sp³-hybridized carbons (Fsp3) is 0.213. The molecule has 1 aliphatic carbocycles. The van der Waals surface area contributed by atoms with Gasteiger partial charge < -0.3 is 28.4 Å². The highest BCUT2D eigenvalue weighted by Gasteiger charge is 2.50. The van der Waals surface area contributed by atoms with Crippen LogP contribution in [-0.4, -0.2) is 51.4 Å². The van der Waals surface area contributed by atoms with Gasteiger partial charge in [-0.15, -0.1) is 0 Å². The zero-order valence-corrected chi connectivity index (χ0v) is 31.7. The van der Waals surface area contributed by atoms with Crippen molar-refractivity contribution < 1.29 is 42.8 Å². The first-order valence-corrected chi connectivity index (χ1v) is 18.4. The second-order valence-corrected chi connectivity index (χ2v) is 14.0. The maximum absolute atomic E-state index is 14.6. The molecule has 1 aliphatic rings. The molecule has 1 unspecified atom stereocenters. The summed E-state index contributed by atoms with van der Waals surface area (Å²) in [5.74, 6) is 1.92. The van der Waals surface area contributed by atoms with Crippen molar-refractivity contribution in [1.82, 2.24) is 0 Å². The highest BCUT2D eigenvalue weighted by molar-refractivity contribution is 6.23. The van der Waals surface area contributed by atoms with E-state index in [2.05, 4.69) is 13.8 Å². The van der Waals surface area contributed by atoms with Crippen LogP contribution in [0.15, 0.2) is 133 Å². The van der Waals surface area contributed by atoms with E-state index in [-0.39, 0.29) is 43.6 Å². The molecule has 0 N–H and O–H groups in total. The van der Waals surface area contributed by atoms with E-state index in [9.17, 15) is 14.4 Å². The summed E-state index contributed by atoms with van der Waals surface area (Å²) in [6, 6.07) is 42.0. The molecule has 0 spiro atoms. The van der Waals surface area contributed by atoms with Crippen LogP contribution in [0.2, 0.25) is 0 Å². The summed E-state index contributed by atoms with van der Waals surface area (Å²) in [5.41, 5.74) is 3.92. The van der Waals surface area contributed by atoms with Gasteiger partial charge in [-0.3, -0.25) is 9.59 Å². The van der Waals surface area contributed by atoms with Crippen LogP contribution in [0.4, 0.5) is 4.79 Å². The Labute approximate surface area is 325 Å². The SMILES string of the molecule is COc1ccc(C(C)(C)c2ccc(OC(=O)OCCOc3ccc(C4(c5ccc(OCCOC(C)=O)cc5)C(=O)c5cccc6cccc4c56)cc3)cc2)cc1. The van der Waals surface area contributed by atoms with Crippen molar-refractivity contribution in [3.63, 3.8) is 0 Å². The van der Waals surface area contributed by atoms with Gasteiger partial charge in [-0.05, 0) is 87.1 Å². The molecule has 0 saturated heterocycles. The number of ether oxygens (including phenoxy) is 6. The molecule has 56 heavy (non-hydrogen) atoms. The summed E-state index contributed by atoms with van der Waals surface area (Å²) < 4.78 is 32.7. The predicted molar refractivity (Wildman–Crippen MR) is 212 cm³/mol. The lowest BCUT2D eigenvalue weighted by molar-refractivity contribution is -0.141. The minimum atomic E-state index is -1.12. The number of Topliss-reactive ketones (excluding diaryl/α,β-unsaturated/α-hetero) is 1. The van der Waals surface area contributed by atoms with Crippen molar-refractivity contribution in [3.8, 4) is 23.0 Å². The molecule has 0 saturated carbocycles. The number of benzene rings is 6. The number of hydrogen-bond donors (Lipinski definition) is 0. The van der Waals surface area contributed by atoms with Gasteiger partial charge in [0.25, 0.3) is 0 Å². The number of carbonyl (C=O) groups excluding carboxylic acids is 3. The van der Waals surface area contributed by atoms with Crippen LogP contribution in [0.5, 0.6) is 23.0 Å². The van der Waals surface area contributed by atoms with Crippen LogP contribution < -0.4 is 18.9 Å². The Bertz CT molecular complexity index is 2340. The van der Waals surface area contributed by atoms with Crippen molar-refractivity contribution in [2.75, 3.05) is 33.5 Å². The van der Waals surface area contributed by atoms with E-state index in [0.717, 1.165) is 44.3 Å². The molecule has 284 valence electrons. The lowest BCUT2D eigenvalue weighted by atomic mass is 9.69. The topological polar surface area (TPSA) is 107 Å². The summed E-state index contributed by atoms with van der Waals surface area (Å²) in [7, 11) is 1.64. The molecule has 0 aliphatic heterocycles.